The van der Waals surface area contributed by atoms with Crippen molar-refractivity contribution in [2.24, 2.45) is 0 Å². The topological polar surface area (TPSA) is 66.5 Å². The quantitative estimate of drug-likeness (QED) is 0.813. The zero-order valence-corrected chi connectivity index (χ0v) is 9.77. The van der Waals surface area contributed by atoms with Crippen molar-refractivity contribution < 1.29 is 0 Å². The number of hydrogen-bond donors (Lipinski definition) is 2. The van der Waals surface area contributed by atoms with Crippen molar-refractivity contribution in [3.63, 3.8) is 0 Å². The van der Waals surface area contributed by atoms with Crippen molar-refractivity contribution >= 4 is 0 Å². The van der Waals surface area contributed by atoms with E-state index in [-0.39, 0.29) is 0 Å². The first-order chi connectivity index (χ1) is 8.34. The molecular formula is C12H15N5. The van der Waals surface area contributed by atoms with Gasteiger partial charge in [0.25, 0.3) is 0 Å². The van der Waals surface area contributed by atoms with Crippen LogP contribution in [0.1, 0.15) is 23.9 Å². The fourth-order valence-electron chi connectivity index (χ4n) is 2.22. The lowest BCUT2D eigenvalue weighted by molar-refractivity contribution is 0.714. The van der Waals surface area contributed by atoms with E-state index in [1.807, 2.05) is 13.1 Å². The van der Waals surface area contributed by atoms with Gasteiger partial charge in [-0.1, -0.05) is 0 Å². The molecule has 5 heteroatoms. The molecule has 5 nitrogen and oxygen atoms in total. The SMILES string of the molecule is Cc1nccnc1-c1cnc(C2CCNC2)[nH]1. The van der Waals surface area contributed by atoms with Crippen LogP contribution >= 0.6 is 0 Å². The lowest BCUT2D eigenvalue weighted by Gasteiger charge is -2.03. The summed E-state index contributed by atoms with van der Waals surface area (Å²) in [6.07, 6.45) is 6.41. The van der Waals surface area contributed by atoms with Crippen molar-refractivity contribution in [1.29, 1.82) is 0 Å². The maximum absolute atomic E-state index is 4.45. The molecule has 0 aromatic carbocycles. The molecule has 0 saturated carbocycles. The summed E-state index contributed by atoms with van der Waals surface area (Å²) in [5.74, 6) is 1.55. The van der Waals surface area contributed by atoms with E-state index in [4.69, 9.17) is 0 Å². The van der Waals surface area contributed by atoms with Crippen LogP contribution < -0.4 is 5.32 Å². The molecule has 1 atom stereocenters. The second-order valence-electron chi connectivity index (χ2n) is 4.36. The molecule has 1 saturated heterocycles. The standard InChI is InChI=1S/C12H15N5/c1-8-11(15-5-4-14-8)10-7-16-12(17-10)9-2-3-13-6-9/h4-5,7,9,13H,2-3,6H2,1H3,(H,16,17). The third kappa shape index (κ3) is 1.93. The van der Waals surface area contributed by atoms with Crippen LogP contribution in [0.5, 0.6) is 0 Å². The Morgan fingerprint density at radius 3 is 2.88 bits per heavy atom. The second kappa shape index (κ2) is 4.25. The van der Waals surface area contributed by atoms with Gasteiger partial charge in [-0.3, -0.25) is 9.97 Å². The van der Waals surface area contributed by atoms with Crippen LogP contribution in [-0.4, -0.2) is 33.0 Å². The number of hydrogen-bond acceptors (Lipinski definition) is 4. The Morgan fingerprint density at radius 1 is 1.24 bits per heavy atom. The van der Waals surface area contributed by atoms with Crippen molar-refractivity contribution in [1.82, 2.24) is 25.3 Å². The summed E-state index contributed by atoms with van der Waals surface area (Å²) in [5, 5.41) is 3.34. The van der Waals surface area contributed by atoms with Crippen LogP contribution in [0.15, 0.2) is 18.6 Å². The van der Waals surface area contributed by atoms with Crippen LogP contribution in [0.2, 0.25) is 0 Å². The summed E-state index contributed by atoms with van der Waals surface area (Å²) in [6, 6.07) is 0. The van der Waals surface area contributed by atoms with Gasteiger partial charge in [-0.2, -0.15) is 0 Å². The molecular weight excluding hydrogens is 214 g/mol. The highest BCUT2D eigenvalue weighted by atomic mass is 15.0. The number of nitrogens with one attached hydrogen (secondary N) is 2. The summed E-state index contributed by atoms with van der Waals surface area (Å²) in [7, 11) is 0. The van der Waals surface area contributed by atoms with Gasteiger partial charge in [0.15, 0.2) is 0 Å². The highest BCUT2D eigenvalue weighted by molar-refractivity contribution is 5.55. The van der Waals surface area contributed by atoms with E-state index in [1.165, 1.54) is 0 Å². The molecule has 1 unspecified atom stereocenters. The largest absolute Gasteiger partial charge is 0.340 e. The lowest BCUT2D eigenvalue weighted by atomic mass is 10.1. The Balaban J connectivity index is 1.92. The molecule has 1 aliphatic heterocycles. The van der Waals surface area contributed by atoms with Gasteiger partial charge in [-0.15, -0.1) is 0 Å². The highest BCUT2D eigenvalue weighted by Crippen LogP contribution is 2.23. The predicted octanol–water partition coefficient (Wildman–Crippen LogP) is 1.25. The third-order valence-electron chi connectivity index (χ3n) is 3.18. The van der Waals surface area contributed by atoms with Crippen LogP contribution in [0.4, 0.5) is 0 Å². The number of imidazole rings is 1. The van der Waals surface area contributed by atoms with Crippen molar-refractivity contribution in [3.8, 4) is 11.4 Å². The normalized spacial score (nSPS) is 19.7. The van der Waals surface area contributed by atoms with Crippen LogP contribution in [0, 0.1) is 6.92 Å². The monoisotopic (exact) mass is 229 g/mol. The minimum absolute atomic E-state index is 0.501. The smallest absolute Gasteiger partial charge is 0.110 e. The average Bonchev–Trinajstić information content (AvgIpc) is 3.00. The molecule has 0 amide bonds. The van der Waals surface area contributed by atoms with Gasteiger partial charge in [0.05, 0.1) is 17.6 Å². The Labute approximate surface area is 99.7 Å². The molecule has 2 aromatic heterocycles. The molecule has 0 radical (unpaired) electrons. The van der Waals surface area contributed by atoms with E-state index in [0.29, 0.717) is 5.92 Å². The first kappa shape index (κ1) is 10.4. The molecule has 3 heterocycles. The van der Waals surface area contributed by atoms with E-state index >= 15 is 0 Å². The molecule has 2 aromatic rings. The molecule has 17 heavy (non-hydrogen) atoms. The summed E-state index contributed by atoms with van der Waals surface area (Å²) >= 11 is 0. The van der Waals surface area contributed by atoms with Gasteiger partial charge in [0.2, 0.25) is 0 Å². The third-order valence-corrected chi connectivity index (χ3v) is 3.18. The Bertz CT molecular complexity index is 513. The zero-order chi connectivity index (χ0) is 11.7. The van der Waals surface area contributed by atoms with Crippen molar-refractivity contribution in [2.45, 2.75) is 19.3 Å². The molecule has 1 aliphatic rings. The van der Waals surface area contributed by atoms with Gasteiger partial charge < -0.3 is 10.3 Å². The minimum atomic E-state index is 0.501. The number of rotatable bonds is 2. The molecule has 0 bridgehead atoms. The number of H-pyrrole nitrogens is 1. The first-order valence-electron chi connectivity index (χ1n) is 5.88. The summed E-state index contributed by atoms with van der Waals surface area (Å²) < 4.78 is 0. The summed E-state index contributed by atoms with van der Waals surface area (Å²) in [4.78, 5) is 16.4. The van der Waals surface area contributed by atoms with Gasteiger partial charge in [-0.05, 0) is 19.9 Å². The van der Waals surface area contributed by atoms with E-state index in [0.717, 1.165) is 42.4 Å². The van der Waals surface area contributed by atoms with E-state index in [9.17, 15) is 0 Å². The van der Waals surface area contributed by atoms with Gasteiger partial charge in [0.1, 0.15) is 11.5 Å². The number of aromatic nitrogens is 4. The van der Waals surface area contributed by atoms with Crippen molar-refractivity contribution in [3.05, 3.63) is 30.1 Å². The van der Waals surface area contributed by atoms with Crippen LogP contribution in [0.25, 0.3) is 11.4 Å². The van der Waals surface area contributed by atoms with E-state index < -0.39 is 0 Å². The van der Waals surface area contributed by atoms with Crippen LogP contribution in [-0.2, 0) is 0 Å². The number of aryl methyl sites for hydroxylation is 1. The molecule has 3 rings (SSSR count). The fourth-order valence-corrected chi connectivity index (χ4v) is 2.22. The minimum Gasteiger partial charge on any atom is -0.340 e. The maximum atomic E-state index is 4.45. The van der Waals surface area contributed by atoms with Gasteiger partial charge in [-0.25, -0.2) is 4.98 Å². The number of nitrogens with zero attached hydrogens (tertiary/aromatic N) is 3. The van der Waals surface area contributed by atoms with E-state index in [2.05, 4.69) is 25.3 Å². The molecule has 1 fully saturated rings. The molecule has 88 valence electrons. The second-order valence-corrected chi connectivity index (χ2v) is 4.36. The average molecular weight is 229 g/mol. The van der Waals surface area contributed by atoms with Gasteiger partial charge >= 0.3 is 0 Å². The van der Waals surface area contributed by atoms with E-state index in [1.54, 1.807) is 12.4 Å². The molecule has 2 N–H and O–H groups in total. The summed E-state index contributed by atoms with van der Waals surface area (Å²) in [5.41, 5.74) is 2.77. The zero-order valence-electron chi connectivity index (χ0n) is 9.77. The Kier molecular flexibility index (Phi) is 2.60. The highest BCUT2D eigenvalue weighted by Gasteiger charge is 2.20. The van der Waals surface area contributed by atoms with Crippen LogP contribution in [0.3, 0.4) is 0 Å². The Hall–Kier alpha value is -1.75. The maximum Gasteiger partial charge on any atom is 0.110 e. The predicted molar refractivity (Wildman–Crippen MR) is 64.6 cm³/mol. The van der Waals surface area contributed by atoms with Gasteiger partial charge in [0, 0.05) is 24.9 Å². The lowest BCUT2D eigenvalue weighted by Crippen LogP contribution is -2.08. The Morgan fingerprint density at radius 2 is 2.12 bits per heavy atom. The number of aromatic amines is 1. The fraction of sp³-hybridized carbons (Fsp3) is 0.417. The summed E-state index contributed by atoms with van der Waals surface area (Å²) in [6.45, 7) is 4.04. The van der Waals surface area contributed by atoms with Crippen molar-refractivity contribution in [2.75, 3.05) is 13.1 Å². The molecule has 0 spiro atoms. The molecule has 0 aliphatic carbocycles. The first-order valence-corrected chi connectivity index (χ1v) is 5.88.